The molecule has 6 nitrogen and oxygen atoms in total. The molecule has 1 fully saturated rings. The van der Waals surface area contributed by atoms with Crippen LogP contribution in [0.2, 0.25) is 0 Å². The number of amides is 3. The predicted molar refractivity (Wildman–Crippen MR) is 102 cm³/mol. The largest absolute Gasteiger partial charge is 0.354 e. The number of hydrogen-bond acceptors (Lipinski definition) is 3. The lowest BCUT2D eigenvalue weighted by molar-refractivity contribution is -0.122. The quantitative estimate of drug-likeness (QED) is 0.612. The minimum Gasteiger partial charge on any atom is -0.354 e. The number of carbonyl (C=O) groups excluding carboxylic acids is 2. The van der Waals surface area contributed by atoms with Gasteiger partial charge in [0.1, 0.15) is 0 Å². The van der Waals surface area contributed by atoms with Crippen molar-refractivity contribution in [2.24, 2.45) is 5.92 Å². The molecule has 3 amide bonds. The second kappa shape index (κ2) is 9.77. The summed E-state index contributed by atoms with van der Waals surface area (Å²) in [6.07, 6.45) is 1.98. The Kier molecular flexibility index (Phi) is 7.71. The average Bonchev–Trinajstić information content (AvgIpc) is 3.41. The molecule has 0 aliphatic heterocycles. The van der Waals surface area contributed by atoms with E-state index in [0.29, 0.717) is 26.2 Å². The molecule has 1 aliphatic rings. The minimum absolute atomic E-state index is 0.105. The summed E-state index contributed by atoms with van der Waals surface area (Å²) in [5.74, 6) is 0.304. The molecule has 1 aromatic carbocycles. The van der Waals surface area contributed by atoms with Gasteiger partial charge in [0.05, 0.1) is 0 Å². The topological polar surface area (TPSA) is 64.7 Å². The maximum Gasteiger partial charge on any atom is 0.317 e. The number of hydrogen-bond donors (Lipinski definition) is 2. The van der Waals surface area contributed by atoms with E-state index < -0.39 is 0 Å². The average molecular weight is 411 g/mol. The Morgan fingerprint density at radius 1 is 1.08 bits per heavy atom. The van der Waals surface area contributed by atoms with Crippen LogP contribution in [0.1, 0.15) is 18.4 Å². The molecular weight excluding hydrogens is 384 g/mol. The van der Waals surface area contributed by atoms with E-state index in [-0.39, 0.29) is 17.9 Å². The fourth-order valence-corrected chi connectivity index (χ4v) is 2.60. The third-order valence-corrected chi connectivity index (χ3v) is 4.57. The van der Waals surface area contributed by atoms with Crippen LogP contribution in [0.3, 0.4) is 0 Å². The fourth-order valence-electron chi connectivity index (χ4n) is 2.34. The summed E-state index contributed by atoms with van der Waals surface area (Å²) in [5.41, 5.74) is 1.08. The molecule has 2 rings (SSSR count). The predicted octanol–water partition coefficient (Wildman–Crippen LogP) is 2.05. The normalized spacial score (nSPS) is 13.6. The van der Waals surface area contributed by atoms with E-state index in [1.54, 1.807) is 4.90 Å². The van der Waals surface area contributed by atoms with Crippen molar-refractivity contribution in [1.29, 1.82) is 0 Å². The lowest BCUT2D eigenvalue weighted by Gasteiger charge is -2.25. The summed E-state index contributed by atoms with van der Waals surface area (Å²) >= 11 is 3.42. The Balaban J connectivity index is 1.81. The van der Waals surface area contributed by atoms with Crippen LogP contribution in [0.25, 0.3) is 0 Å². The zero-order chi connectivity index (χ0) is 18.2. The van der Waals surface area contributed by atoms with Gasteiger partial charge in [-0.3, -0.25) is 4.79 Å². The zero-order valence-electron chi connectivity index (χ0n) is 14.9. The summed E-state index contributed by atoms with van der Waals surface area (Å²) in [6, 6.07) is 7.87. The van der Waals surface area contributed by atoms with Crippen LogP contribution in [0.15, 0.2) is 28.7 Å². The number of halogens is 1. The van der Waals surface area contributed by atoms with Crippen LogP contribution >= 0.6 is 15.9 Å². The number of carbonyl (C=O) groups is 2. The molecule has 2 N–H and O–H groups in total. The number of urea groups is 1. The van der Waals surface area contributed by atoms with Gasteiger partial charge in [0, 0.05) is 43.1 Å². The van der Waals surface area contributed by atoms with Gasteiger partial charge in [0.15, 0.2) is 0 Å². The molecule has 1 aliphatic carbocycles. The van der Waals surface area contributed by atoms with Gasteiger partial charge in [0.2, 0.25) is 5.91 Å². The SMILES string of the molecule is CN(C)CCN(Cc1ccc(Br)cc1)C(=O)NCCNC(=O)C1CC1. The van der Waals surface area contributed by atoms with Gasteiger partial charge in [0.25, 0.3) is 0 Å². The molecule has 0 spiro atoms. The van der Waals surface area contributed by atoms with Gasteiger partial charge in [-0.25, -0.2) is 4.79 Å². The summed E-state index contributed by atoms with van der Waals surface area (Å²) in [5, 5.41) is 5.76. The van der Waals surface area contributed by atoms with Crippen molar-refractivity contribution in [2.45, 2.75) is 19.4 Å². The first-order chi connectivity index (χ1) is 12.0. The Morgan fingerprint density at radius 3 is 2.32 bits per heavy atom. The Hall–Kier alpha value is -1.60. The number of likely N-dealkylation sites (N-methyl/N-ethyl adjacent to an activating group) is 1. The lowest BCUT2D eigenvalue weighted by atomic mass is 10.2. The van der Waals surface area contributed by atoms with Gasteiger partial charge in [-0.15, -0.1) is 0 Å². The number of benzene rings is 1. The molecule has 0 atom stereocenters. The van der Waals surface area contributed by atoms with Crippen molar-refractivity contribution in [2.75, 3.05) is 40.3 Å². The number of rotatable bonds is 9. The Morgan fingerprint density at radius 2 is 1.72 bits per heavy atom. The molecule has 0 saturated heterocycles. The van der Waals surface area contributed by atoms with E-state index >= 15 is 0 Å². The van der Waals surface area contributed by atoms with Crippen molar-refractivity contribution in [3.63, 3.8) is 0 Å². The first-order valence-corrected chi connectivity index (χ1v) is 9.44. The zero-order valence-corrected chi connectivity index (χ0v) is 16.5. The van der Waals surface area contributed by atoms with E-state index in [9.17, 15) is 9.59 Å². The first kappa shape index (κ1) is 19.7. The molecule has 25 heavy (non-hydrogen) atoms. The third kappa shape index (κ3) is 7.44. The molecule has 0 radical (unpaired) electrons. The van der Waals surface area contributed by atoms with Crippen LogP contribution < -0.4 is 10.6 Å². The minimum atomic E-state index is -0.106. The first-order valence-electron chi connectivity index (χ1n) is 8.65. The van der Waals surface area contributed by atoms with E-state index in [0.717, 1.165) is 29.4 Å². The molecule has 0 aromatic heterocycles. The van der Waals surface area contributed by atoms with E-state index in [2.05, 4.69) is 31.5 Å². The van der Waals surface area contributed by atoms with Crippen molar-refractivity contribution in [3.05, 3.63) is 34.3 Å². The maximum absolute atomic E-state index is 12.5. The van der Waals surface area contributed by atoms with Gasteiger partial charge in [-0.05, 0) is 44.6 Å². The molecule has 0 heterocycles. The highest BCUT2D eigenvalue weighted by Crippen LogP contribution is 2.28. The van der Waals surface area contributed by atoms with Crippen LogP contribution in [0.4, 0.5) is 4.79 Å². The highest BCUT2D eigenvalue weighted by molar-refractivity contribution is 9.10. The summed E-state index contributed by atoms with van der Waals surface area (Å²) in [6.45, 7) is 2.91. The van der Waals surface area contributed by atoms with Gasteiger partial charge >= 0.3 is 6.03 Å². The van der Waals surface area contributed by atoms with E-state index in [1.165, 1.54) is 0 Å². The molecule has 0 unspecified atom stereocenters. The van der Waals surface area contributed by atoms with Crippen LogP contribution in [0, 0.1) is 5.92 Å². The fraction of sp³-hybridized carbons (Fsp3) is 0.556. The van der Waals surface area contributed by atoms with Crippen molar-refractivity contribution < 1.29 is 9.59 Å². The monoisotopic (exact) mass is 410 g/mol. The number of nitrogens with zero attached hydrogens (tertiary/aromatic N) is 2. The summed E-state index contributed by atoms with van der Waals surface area (Å²) < 4.78 is 1.02. The Labute approximate surface area is 158 Å². The molecule has 1 saturated carbocycles. The number of nitrogens with one attached hydrogen (secondary N) is 2. The second-order valence-electron chi connectivity index (χ2n) is 6.65. The van der Waals surface area contributed by atoms with Gasteiger partial charge < -0.3 is 20.4 Å². The standard InChI is InChI=1S/C18H27BrN4O2/c1-22(2)11-12-23(13-14-3-7-16(19)8-4-14)18(25)21-10-9-20-17(24)15-5-6-15/h3-4,7-8,15H,5-6,9-13H2,1-2H3,(H,20,24)(H,21,25). The molecule has 1 aromatic rings. The highest BCUT2D eigenvalue weighted by Gasteiger charge is 2.29. The summed E-state index contributed by atoms with van der Waals surface area (Å²) in [4.78, 5) is 27.9. The molecule has 138 valence electrons. The third-order valence-electron chi connectivity index (χ3n) is 4.04. The van der Waals surface area contributed by atoms with Crippen LogP contribution in [-0.2, 0) is 11.3 Å². The van der Waals surface area contributed by atoms with E-state index in [1.807, 2.05) is 38.4 Å². The van der Waals surface area contributed by atoms with Crippen molar-refractivity contribution in [1.82, 2.24) is 20.4 Å². The van der Waals surface area contributed by atoms with Gasteiger partial charge in [-0.1, -0.05) is 28.1 Å². The molecular formula is C18H27BrN4O2. The summed E-state index contributed by atoms with van der Waals surface area (Å²) in [7, 11) is 3.98. The van der Waals surface area contributed by atoms with Crippen LogP contribution in [-0.4, -0.2) is 62.0 Å². The second-order valence-corrected chi connectivity index (χ2v) is 7.56. The lowest BCUT2D eigenvalue weighted by Crippen LogP contribution is -2.45. The maximum atomic E-state index is 12.5. The molecule has 7 heteroatoms. The molecule has 0 bridgehead atoms. The Bertz CT molecular complexity index is 573. The van der Waals surface area contributed by atoms with Crippen molar-refractivity contribution >= 4 is 27.9 Å². The van der Waals surface area contributed by atoms with Gasteiger partial charge in [-0.2, -0.15) is 0 Å². The van der Waals surface area contributed by atoms with Crippen molar-refractivity contribution in [3.8, 4) is 0 Å². The van der Waals surface area contributed by atoms with E-state index in [4.69, 9.17) is 0 Å². The highest BCUT2D eigenvalue weighted by atomic mass is 79.9. The van der Waals surface area contributed by atoms with Crippen LogP contribution in [0.5, 0.6) is 0 Å². The smallest absolute Gasteiger partial charge is 0.317 e.